The Morgan fingerprint density at radius 2 is 2.19 bits per heavy atom. The number of aromatic nitrogens is 1. The van der Waals surface area contributed by atoms with Crippen molar-refractivity contribution >= 4 is 12.2 Å². The summed E-state index contributed by atoms with van der Waals surface area (Å²) in [4.78, 5) is 15.5. The summed E-state index contributed by atoms with van der Waals surface area (Å²) in [5.74, 6) is -0.0991. The Labute approximate surface area is 126 Å². The molecule has 0 bridgehead atoms. The number of allylic oxidation sites excluding steroid dienone is 1. The summed E-state index contributed by atoms with van der Waals surface area (Å²) in [5, 5.41) is 6.03. The van der Waals surface area contributed by atoms with E-state index >= 15 is 0 Å². The molecule has 0 saturated carbocycles. The van der Waals surface area contributed by atoms with Gasteiger partial charge in [-0.3, -0.25) is 14.8 Å². The summed E-state index contributed by atoms with van der Waals surface area (Å²) in [5.41, 5.74) is 0.965. The van der Waals surface area contributed by atoms with Crippen molar-refractivity contribution in [2.45, 2.75) is 33.1 Å². The molecule has 0 saturated heterocycles. The molecule has 1 aromatic rings. The molecule has 0 fully saturated rings. The van der Waals surface area contributed by atoms with Crippen LogP contribution in [-0.4, -0.2) is 35.3 Å². The fraction of sp³-hybridized carbons (Fsp3) is 0.438. The SMILES string of the molecule is CC.CCOC(=O)CCN1C=CC(c2ccccn2)C=N1. The Morgan fingerprint density at radius 1 is 1.38 bits per heavy atom. The van der Waals surface area contributed by atoms with E-state index in [2.05, 4.69) is 10.1 Å². The highest BCUT2D eigenvalue weighted by Crippen LogP contribution is 2.16. The van der Waals surface area contributed by atoms with Crippen molar-refractivity contribution in [1.82, 2.24) is 9.99 Å². The highest BCUT2D eigenvalue weighted by Gasteiger charge is 2.12. The van der Waals surface area contributed by atoms with Crippen LogP contribution in [0.2, 0.25) is 0 Å². The predicted octanol–water partition coefficient (Wildman–Crippen LogP) is 2.96. The van der Waals surface area contributed by atoms with E-state index in [0.29, 0.717) is 19.6 Å². The normalized spacial score (nSPS) is 16.1. The third-order valence-corrected chi connectivity index (χ3v) is 2.72. The molecule has 0 aromatic carbocycles. The van der Waals surface area contributed by atoms with E-state index in [9.17, 15) is 4.79 Å². The van der Waals surface area contributed by atoms with Crippen molar-refractivity contribution < 1.29 is 9.53 Å². The van der Waals surface area contributed by atoms with Crippen LogP contribution in [0.3, 0.4) is 0 Å². The second-order valence-corrected chi connectivity index (χ2v) is 4.10. The van der Waals surface area contributed by atoms with Gasteiger partial charge in [-0.05, 0) is 19.1 Å². The van der Waals surface area contributed by atoms with Crippen LogP contribution in [0, 0.1) is 0 Å². The van der Waals surface area contributed by atoms with Gasteiger partial charge in [0.2, 0.25) is 0 Å². The van der Waals surface area contributed by atoms with Gasteiger partial charge in [-0.25, -0.2) is 0 Å². The second-order valence-electron chi connectivity index (χ2n) is 4.10. The minimum atomic E-state index is -0.196. The van der Waals surface area contributed by atoms with E-state index < -0.39 is 0 Å². The molecule has 0 amide bonds. The molecule has 2 heterocycles. The molecule has 0 spiro atoms. The topological polar surface area (TPSA) is 54.8 Å². The lowest BCUT2D eigenvalue weighted by Gasteiger charge is -2.19. The molecule has 114 valence electrons. The first-order valence-corrected chi connectivity index (χ1v) is 7.35. The third kappa shape index (κ3) is 5.77. The smallest absolute Gasteiger partial charge is 0.307 e. The van der Waals surface area contributed by atoms with Gasteiger partial charge >= 0.3 is 5.97 Å². The standard InChI is InChI=1S/C14H17N3O2.C2H6/c1-2-19-14(18)7-10-17-9-6-12(11-16-17)13-5-3-4-8-15-13;1-2/h3-6,8-9,11-12H,2,7,10H2,1H3;1-2H3. The lowest BCUT2D eigenvalue weighted by Crippen LogP contribution is -2.20. The molecule has 0 N–H and O–H groups in total. The number of hydrazone groups is 1. The average Bonchev–Trinajstić information content (AvgIpc) is 2.56. The predicted molar refractivity (Wildman–Crippen MR) is 83.9 cm³/mol. The highest BCUT2D eigenvalue weighted by molar-refractivity contribution is 5.71. The largest absolute Gasteiger partial charge is 0.466 e. The molecule has 5 nitrogen and oxygen atoms in total. The van der Waals surface area contributed by atoms with Gasteiger partial charge in [0.25, 0.3) is 0 Å². The lowest BCUT2D eigenvalue weighted by molar-refractivity contribution is -0.143. The summed E-state index contributed by atoms with van der Waals surface area (Å²) < 4.78 is 4.87. The van der Waals surface area contributed by atoms with Gasteiger partial charge in [0, 0.05) is 18.6 Å². The quantitative estimate of drug-likeness (QED) is 0.782. The maximum absolute atomic E-state index is 11.2. The van der Waals surface area contributed by atoms with Crippen LogP contribution >= 0.6 is 0 Å². The number of ether oxygens (including phenoxy) is 1. The Kier molecular flexibility index (Phi) is 7.79. The first-order chi connectivity index (χ1) is 10.3. The summed E-state index contributed by atoms with van der Waals surface area (Å²) in [6.45, 7) is 6.74. The summed E-state index contributed by atoms with van der Waals surface area (Å²) in [6.07, 6.45) is 7.82. The van der Waals surface area contributed by atoms with Gasteiger partial charge in [-0.1, -0.05) is 26.0 Å². The van der Waals surface area contributed by atoms with Gasteiger partial charge in [0.15, 0.2) is 0 Å². The minimum absolute atomic E-state index is 0.0973. The van der Waals surface area contributed by atoms with E-state index in [1.165, 1.54) is 0 Å². The van der Waals surface area contributed by atoms with Crippen molar-refractivity contribution in [2.75, 3.05) is 13.2 Å². The van der Waals surface area contributed by atoms with Crippen LogP contribution in [0.1, 0.15) is 38.8 Å². The molecular weight excluding hydrogens is 266 g/mol. The third-order valence-electron chi connectivity index (χ3n) is 2.72. The van der Waals surface area contributed by atoms with Gasteiger partial charge in [0.1, 0.15) is 0 Å². The lowest BCUT2D eigenvalue weighted by atomic mass is 10.1. The van der Waals surface area contributed by atoms with Crippen molar-refractivity contribution in [3.8, 4) is 0 Å². The Hall–Kier alpha value is -2.17. The monoisotopic (exact) mass is 289 g/mol. The first-order valence-electron chi connectivity index (χ1n) is 7.35. The Morgan fingerprint density at radius 3 is 2.76 bits per heavy atom. The fourth-order valence-corrected chi connectivity index (χ4v) is 1.76. The van der Waals surface area contributed by atoms with Crippen LogP contribution < -0.4 is 0 Å². The average molecular weight is 289 g/mol. The molecule has 1 atom stereocenters. The van der Waals surface area contributed by atoms with E-state index in [0.717, 1.165) is 5.69 Å². The molecule has 1 aliphatic rings. The molecule has 1 aliphatic heterocycles. The molecule has 0 radical (unpaired) electrons. The van der Waals surface area contributed by atoms with Crippen molar-refractivity contribution in [2.24, 2.45) is 5.10 Å². The number of carbonyl (C=O) groups is 1. The first kappa shape index (κ1) is 16.9. The van der Waals surface area contributed by atoms with Gasteiger partial charge < -0.3 is 4.74 Å². The Bertz CT molecular complexity index is 458. The van der Waals surface area contributed by atoms with Gasteiger partial charge in [-0.15, -0.1) is 0 Å². The number of hydrogen-bond donors (Lipinski definition) is 0. The molecule has 0 aliphatic carbocycles. The number of esters is 1. The zero-order valence-electron chi connectivity index (χ0n) is 12.9. The number of nitrogens with zero attached hydrogens (tertiary/aromatic N) is 3. The minimum Gasteiger partial charge on any atom is -0.466 e. The molecule has 2 rings (SSSR count). The zero-order valence-corrected chi connectivity index (χ0v) is 12.9. The number of hydrogen-bond acceptors (Lipinski definition) is 5. The van der Waals surface area contributed by atoms with E-state index in [1.807, 2.05) is 50.5 Å². The zero-order chi connectivity index (χ0) is 15.5. The highest BCUT2D eigenvalue weighted by atomic mass is 16.5. The molecule has 1 aromatic heterocycles. The summed E-state index contributed by atoms with van der Waals surface area (Å²) in [6, 6.07) is 5.81. The van der Waals surface area contributed by atoms with Crippen molar-refractivity contribution in [3.63, 3.8) is 0 Å². The van der Waals surface area contributed by atoms with Gasteiger partial charge in [-0.2, -0.15) is 5.10 Å². The number of carbonyl (C=O) groups excluding carboxylic acids is 1. The number of rotatable bonds is 5. The molecular formula is C16H23N3O2. The van der Waals surface area contributed by atoms with Crippen LogP contribution in [0.5, 0.6) is 0 Å². The second kappa shape index (κ2) is 9.69. The van der Waals surface area contributed by atoms with Crippen LogP contribution in [0.4, 0.5) is 0 Å². The van der Waals surface area contributed by atoms with Crippen LogP contribution in [-0.2, 0) is 9.53 Å². The van der Waals surface area contributed by atoms with Crippen LogP contribution in [0.15, 0.2) is 41.8 Å². The van der Waals surface area contributed by atoms with Crippen molar-refractivity contribution in [3.05, 3.63) is 42.4 Å². The maximum atomic E-state index is 11.2. The van der Waals surface area contributed by atoms with Crippen LogP contribution in [0.25, 0.3) is 0 Å². The molecule has 1 unspecified atom stereocenters. The van der Waals surface area contributed by atoms with Gasteiger partial charge in [0.05, 0.1) is 31.2 Å². The maximum Gasteiger partial charge on any atom is 0.307 e. The van der Waals surface area contributed by atoms with E-state index in [4.69, 9.17) is 4.74 Å². The van der Waals surface area contributed by atoms with Crippen molar-refractivity contribution in [1.29, 1.82) is 0 Å². The molecule has 5 heteroatoms. The summed E-state index contributed by atoms with van der Waals surface area (Å²) >= 11 is 0. The van der Waals surface area contributed by atoms with E-state index in [-0.39, 0.29) is 11.9 Å². The summed E-state index contributed by atoms with van der Waals surface area (Å²) in [7, 11) is 0. The Balaban J connectivity index is 0.00000106. The fourth-order valence-electron chi connectivity index (χ4n) is 1.76. The number of pyridine rings is 1. The van der Waals surface area contributed by atoms with E-state index in [1.54, 1.807) is 18.1 Å². The molecule has 21 heavy (non-hydrogen) atoms.